The van der Waals surface area contributed by atoms with Crippen LogP contribution in [0, 0.1) is 16.7 Å². The number of nitriles is 1. The van der Waals surface area contributed by atoms with Gasteiger partial charge in [-0.2, -0.15) is 17.0 Å². The van der Waals surface area contributed by atoms with Gasteiger partial charge in [-0.1, -0.05) is 0 Å². The Labute approximate surface area is 105 Å². The number of carboxylic acid groups (broad SMARTS) is 1. The van der Waals surface area contributed by atoms with E-state index in [4.69, 9.17) is 10.4 Å². The molecule has 0 spiro atoms. The van der Waals surface area contributed by atoms with Crippen LogP contribution in [0.1, 0.15) is 25.7 Å². The highest BCUT2D eigenvalue weighted by molar-refractivity contribution is 7.99. The van der Waals surface area contributed by atoms with Crippen molar-refractivity contribution in [3.8, 4) is 6.07 Å². The fraction of sp³-hybridized carbons (Fsp3) is 0.727. The summed E-state index contributed by atoms with van der Waals surface area (Å²) in [5.41, 5.74) is -0.0660. The van der Waals surface area contributed by atoms with Crippen molar-refractivity contribution in [3.63, 3.8) is 0 Å². The van der Waals surface area contributed by atoms with Crippen LogP contribution < -0.4 is 5.32 Å². The molecule has 1 fully saturated rings. The van der Waals surface area contributed by atoms with Crippen LogP contribution in [-0.2, 0) is 9.59 Å². The lowest BCUT2D eigenvalue weighted by Crippen LogP contribution is -2.26. The van der Waals surface area contributed by atoms with Gasteiger partial charge in [0.15, 0.2) is 0 Å². The Morgan fingerprint density at radius 3 is 2.71 bits per heavy atom. The highest BCUT2D eigenvalue weighted by Gasteiger charge is 2.44. The highest BCUT2D eigenvalue weighted by atomic mass is 32.2. The first kappa shape index (κ1) is 13.8. The number of hydrogen-bond donors (Lipinski definition) is 2. The molecular weight excluding hydrogens is 240 g/mol. The summed E-state index contributed by atoms with van der Waals surface area (Å²) in [5.74, 6) is 0.218. The van der Waals surface area contributed by atoms with Gasteiger partial charge >= 0.3 is 5.97 Å². The molecule has 0 aliphatic heterocycles. The second-order valence-corrected chi connectivity index (χ2v) is 5.31. The highest BCUT2D eigenvalue weighted by Crippen LogP contribution is 2.50. The molecule has 0 aromatic rings. The van der Waals surface area contributed by atoms with E-state index in [2.05, 4.69) is 5.32 Å². The summed E-state index contributed by atoms with van der Waals surface area (Å²) in [6, 6.07) is 1.95. The van der Waals surface area contributed by atoms with Gasteiger partial charge in [-0.3, -0.25) is 9.59 Å². The normalized spacial score (nSPS) is 15.9. The van der Waals surface area contributed by atoms with E-state index in [1.807, 2.05) is 6.07 Å². The Morgan fingerprint density at radius 2 is 2.18 bits per heavy atom. The summed E-state index contributed by atoms with van der Waals surface area (Å²) < 4.78 is 0. The van der Waals surface area contributed by atoms with E-state index in [0.717, 1.165) is 18.6 Å². The predicted molar refractivity (Wildman–Crippen MR) is 64.5 cm³/mol. The fourth-order valence-corrected chi connectivity index (χ4v) is 2.75. The van der Waals surface area contributed by atoms with Crippen LogP contribution in [0.25, 0.3) is 0 Å². The molecule has 5 nitrogen and oxygen atoms in total. The predicted octanol–water partition coefficient (Wildman–Crippen LogP) is 1.00. The summed E-state index contributed by atoms with van der Waals surface area (Å²) in [5, 5.41) is 19.6. The number of nitrogens with zero attached hydrogens (tertiary/aromatic N) is 1. The Hall–Kier alpha value is -1.22. The minimum atomic E-state index is -0.762. The maximum Gasteiger partial charge on any atom is 0.303 e. The number of carboxylic acids is 1. The van der Waals surface area contributed by atoms with E-state index >= 15 is 0 Å². The molecule has 0 heterocycles. The minimum absolute atomic E-state index is 0.0660. The SMILES string of the molecule is N#CCCNC(=O)CSCC1(CC(=O)O)CC1. The van der Waals surface area contributed by atoms with Crippen LogP contribution in [0.4, 0.5) is 0 Å². The molecule has 1 aliphatic rings. The van der Waals surface area contributed by atoms with E-state index in [9.17, 15) is 9.59 Å². The zero-order chi connectivity index (χ0) is 12.7. The van der Waals surface area contributed by atoms with Crippen LogP contribution in [0.15, 0.2) is 0 Å². The third-order valence-electron chi connectivity index (χ3n) is 2.68. The van der Waals surface area contributed by atoms with Crippen LogP contribution >= 0.6 is 11.8 Å². The largest absolute Gasteiger partial charge is 0.481 e. The summed E-state index contributed by atoms with van der Waals surface area (Å²) in [6.07, 6.45) is 2.42. The molecule has 1 amide bonds. The maximum absolute atomic E-state index is 11.3. The first-order valence-electron chi connectivity index (χ1n) is 5.51. The smallest absolute Gasteiger partial charge is 0.303 e. The number of nitrogens with one attached hydrogen (secondary N) is 1. The number of amides is 1. The number of carbonyl (C=O) groups is 2. The number of thioether (sulfide) groups is 1. The Balaban J connectivity index is 2.09. The van der Waals surface area contributed by atoms with Crippen molar-refractivity contribution in [2.75, 3.05) is 18.1 Å². The fourth-order valence-electron chi connectivity index (χ4n) is 1.54. The van der Waals surface area contributed by atoms with Gasteiger partial charge in [-0.05, 0) is 24.0 Å². The van der Waals surface area contributed by atoms with Gasteiger partial charge < -0.3 is 10.4 Å². The van der Waals surface area contributed by atoms with Gasteiger partial charge in [0.25, 0.3) is 0 Å². The molecular formula is C11H16N2O3S. The molecule has 17 heavy (non-hydrogen) atoms. The van der Waals surface area contributed by atoms with Gasteiger partial charge in [-0.15, -0.1) is 0 Å². The molecule has 6 heteroatoms. The summed E-state index contributed by atoms with van der Waals surface area (Å²) in [6.45, 7) is 0.385. The molecule has 1 rings (SSSR count). The van der Waals surface area contributed by atoms with Crippen molar-refractivity contribution in [1.29, 1.82) is 5.26 Å². The topological polar surface area (TPSA) is 90.2 Å². The molecule has 0 unspecified atom stereocenters. The standard InChI is InChI=1S/C11H16N2O3S/c12-4-1-5-13-9(14)7-17-8-11(2-3-11)6-10(15)16/h1-3,5-8H2,(H,13,14)(H,15,16). The molecule has 1 saturated carbocycles. The van der Waals surface area contributed by atoms with Gasteiger partial charge in [-0.25, -0.2) is 0 Å². The summed E-state index contributed by atoms with van der Waals surface area (Å²) in [7, 11) is 0. The van der Waals surface area contributed by atoms with Crippen molar-refractivity contribution in [2.24, 2.45) is 5.41 Å². The average Bonchev–Trinajstić information content (AvgIpc) is 2.97. The molecule has 1 aliphatic carbocycles. The summed E-state index contributed by atoms with van der Waals surface area (Å²) >= 11 is 1.47. The monoisotopic (exact) mass is 256 g/mol. The van der Waals surface area contributed by atoms with Gasteiger partial charge in [0, 0.05) is 6.54 Å². The van der Waals surface area contributed by atoms with E-state index in [0.29, 0.717) is 18.7 Å². The number of hydrogen-bond acceptors (Lipinski definition) is 4. The number of aliphatic carboxylic acids is 1. The third-order valence-corrected chi connectivity index (χ3v) is 3.97. The lowest BCUT2D eigenvalue weighted by molar-refractivity contribution is -0.138. The maximum atomic E-state index is 11.3. The lowest BCUT2D eigenvalue weighted by Gasteiger charge is -2.11. The van der Waals surface area contributed by atoms with Crippen molar-refractivity contribution in [1.82, 2.24) is 5.32 Å². The molecule has 0 aromatic carbocycles. The van der Waals surface area contributed by atoms with E-state index in [1.54, 1.807) is 0 Å². The molecule has 0 radical (unpaired) electrons. The quantitative estimate of drug-likeness (QED) is 0.632. The molecule has 0 bridgehead atoms. The third kappa shape index (κ3) is 5.59. The number of rotatable bonds is 8. The van der Waals surface area contributed by atoms with Gasteiger partial charge in [0.2, 0.25) is 5.91 Å². The molecule has 0 aromatic heterocycles. The minimum Gasteiger partial charge on any atom is -0.481 e. The second-order valence-electron chi connectivity index (χ2n) is 4.32. The Morgan fingerprint density at radius 1 is 1.47 bits per heavy atom. The van der Waals surface area contributed by atoms with Gasteiger partial charge in [0.1, 0.15) is 0 Å². The lowest BCUT2D eigenvalue weighted by atomic mass is 10.1. The van der Waals surface area contributed by atoms with E-state index < -0.39 is 5.97 Å². The zero-order valence-electron chi connectivity index (χ0n) is 9.57. The first-order chi connectivity index (χ1) is 8.08. The molecule has 2 N–H and O–H groups in total. The van der Waals surface area contributed by atoms with Crippen LogP contribution in [0.3, 0.4) is 0 Å². The molecule has 0 atom stereocenters. The van der Waals surface area contributed by atoms with E-state index in [-0.39, 0.29) is 17.7 Å². The van der Waals surface area contributed by atoms with E-state index in [1.165, 1.54) is 11.8 Å². The molecule has 94 valence electrons. The van der Waals surface area contributed by atoms with Crippen molar-refractivity contribution in [2.45, 2.75) is 25.7 Å². The summed E-state index contributed by atoms with van der Waals surface area (Å²) in [4.78, 5) is 21.9. The Kier molecular flexibility index (Phi) is 5.29. The zero-order valence-corrected chi connectivity index (χ0v) is 10.4. The van der Waals surface area contributed by atoms with Crippen LogP contribution in [0.2, 0.25) is 0 Å². The Bertz CT molecular complexity index is 334. The van der Waals surface area contributed by atoms with Crippen LogP contribution in [0.5, 0.6) is 0 Å². The van der Waals surface area contributed by atoms with Crippen LogP contribution in [-0.4, -0.2) is 35.0 Å². The number of carbonyl (C=O) groups excluding carboxylic acids is 1. The van der Waals surface area contributed by atoms with Crippen molar-refractivity contribution < 1.29 is 14.7 Å². The first-order valence-corrected chi connectivity index (χ1v) is 6.67. The van der Waals surface area contributed by atoms with Gasteiger partial charge in [0.05, 0.1) is 24.7 Å². The average molecular weight is 256 g/mol. The van der Waals surface area contributed by atoms with Crippen molar-refractivity contribution in [3.05, 3.63) is 0 Å². The van der Waals surface area contributed by atoms with Crippen molar-refractivity contribution >= 4 is 23.6 Å². The second kappa shape index (κ2) is 6.50. The molecule has 0 saturated heterocycles.